The van der Waals surface area contributed by atoms with Crippen LogP contribution in [0.3, 0.4) is 0 Å². The first kappa shape index (κ1) is 10.0. The van der Waals surface area contributed by atoms with Crippen LogP contribution in [-0.4, -0.2) is 11.1 Å². The van der Waals surface area contributed by atoms with Gasteiger partial charge >= 0.3 is 5.97 Å². The van der Waals surface area contributed by atoms with Gasteiger partial charge in [-0.3, -0.25) is 0 Å². The van der Waals surface area contributed by atoms with E-state index in [0.717, 1.165) is 0 Å². The Bertz CT molecular complexity index is 250. The molecule has 1 aromatic rings. The Morgan fingerprint density at radius 2 is 2.36 bits per heavy atom. The van der Waals surface area contributed by atoms with Crippen LogP contribution >= 0.6 is 24.0 Å². The molecule has 0 amide bonds. The molecule has 1 aromatic heterocycles. The van der Waals surface area contributed by atoms with Crippen molar-refractivity contribution in [2.75, 3.05) is 0 Å². The van der Waals surface area contributed by atoms with Crippen LogP contribution in [0.4, 0.5) is 0 Å². The number of carboxylic acid groups (broad SMARTS) is 1. The summed E-state index contributed by atoms with van der Waals surface area (Å²) in [6, 6.07) is 3.29. The summed E-state index contributed by atoms with van der Waals surface area (Å²) in [5.41, 5.74) is 0. The molecular formula is C6H5NO2S2. The van der Waals surface area contributed by atoms with Crippen molar-refractivity contribution in [3.05, 3.63) is 22.4 Å². The van der Waals surface area contributed by atoms with Gasteiger partial charge in [-0.1, -0.05) is 18.7 Å². The average Bonchev–Trinajstić information content (AvgIpc) is 2.38. The van der Waals surface area contributed by atoms with Gasteiger partial charge < -0.3 is 5.11 Å². The molecule has 1 rings (SSSR count). The molecule has 5 heteroatoms. The molecule has 0 atom stereocenters. The zero-order chi connectivity index (χ0) is 8.69. The summed E-state index contributed by atoms with van der Waals surface area (Å²) >= 11 is 4.33. The molecule has 1 heterocycles. The molecule has 0 aliphatic rings. The van der Waals surface area contributed by atoms with E-state index in [1.54, 1.807) is 17.5 Å². The normalized spacial score (nSPS) is 7.27. The lowest BCUT2D eigenvalue weighted by Crippen LogP contribution is -1.89. The first-order valence-electron chi connectivity index (χ1n) is 2.52. The highest BCUT2D eigenvalue weighted by molar-refractivity contribution is 7.85. The molecule has 0 aromatic carbocycles. The topological polar surface area (TPSA) is 61.1 Å². The molecule has 0 unspecified atom stereocenters. The second-order valence-corrected chi connectivity index (χ2v) is 2.53. The largest absolute Gasteiger partial charge is 0.477 e. The molecule has 3 nitrogen and oxygen atoms in total. The minimum Gasteiger partial charge on any atom is -0.477 e. The summed E-state index contributed by atoms with van der Waals surface area (Å²) in [5, 5.41) is 18.7. The standard InChI is InChI=1S/C5H4O2S.CHNS/c6-5(7)4-2-1-3-8-4;2-1-3/h1-3H,(H,6,7);3H. The molecule has 0 spiro atoms. The number of nitriles is 1. The van der Waals surface area contributed by atoms with Gasteiger partial charge in [0, 0.05) is 0 Å². The van der Waals surface area contributed by atoms with E-state index < -0.39 is 5.97 Å². The Kier molecular flexibility index (Phi) is 5.25. The average molecular weight is 187 g/mol. The maximum Gasteiger partial charge on any atom is 0.345 e. The lowest BCUT2D eigenvalue weighted by molar-refractivity contribution is 0.0702. The lowest BCUT2D eigenvalue weighted by atomic mass is 10.5. The molecule has 0 aliphatic carbocycles. The van der Waals surface area contributed by atoms with Crippen molar-refractivity contribution in [1.29, 1.82) is 5.26 Å². The van der Waals surface area contributed by atoms with Crippen LogP contribution in [0.15, 0.2) is 17.5 Å². The van der Waals surface area contributed by atoms with E-state index in [0.29, 0.717) is 4.88 Å². The highest BCUT2D eigenvalue weighted by Gasteiger charge is 1.99. The second-order valence-electron chi connectivity index (χ2n) is 1.38. The van der Waals surface area contributed by atoms with E-state index in [4.69, 9.17) is 10.4 Å². The van der Waals surface area contributed by atoms with Crippen LogP contribution < -0.4 is 0 Å². The first-order chi connectivity index (χ1) is 5.22. The Morgan fingerprint density at radius 3 is 2.55 bits per heavy atom. The van der Waals surface area contributed by atoms with Gasteiger partial charge in [-0.25, -0.2) is 4.79 Å². The minimum atomic E-state index is -0.847. The molecular weight excluding hydrogens is 182 g/mol. The van der Waals surface area contributed by atoms with Gasteiger partial charge in [0.25, 0.3) is 0 Å². The number of thiophene rings is 1. The predicted octanol–water partition coefficient (Wildman–Crippen LogP) is 1.84. The smallest absolute Gasteiger partial charge is 0.345 e. The summed E-state index contributed by atoms with van der Waals surface area (Å²) in [6.45, 7) is 0. The predicted molar refractivity (Wildman–Crippen MR) is 45.9 cm³/mol. The van der Waals surface area contributed by atoms with Crippen molar-refractivity contribution in [3.63, 3.8) is 0 Å². The fraction of sp³-hybridized carbons (Fsp3) is 0. The zero-order valence-electron chi connectivity index (χ0n) is 5.39. The van der Waals surface area contributed by atoms with E-state index in [1.165, 1.54) is 16.7 Å². The number of nitrogens with zero attached hydrogens (tertiary/aromatic N) is 1. The summed E-state index contributed by atoms with van der Waals surface area (Å²) in [6.07, 6.45) is 0. The second kappa shape index (κ2) is 5.77. The van der Waals surface area contributed by atoms with Crippen LogP contribution in [-0.2, 0) is 0 Å². The quantitative estimate of drug-likeness (QED) is 0.521. The first-order valence-corrected chi connectivity index (χ1v) is 3.85. The number of carboxylic acids is 1. The molecule has 0 saturated carbocycles. The fourth-order valence-corrected chi connectivity index (χ4v) is 0.962. The van der Waals surface area contributed by atoms with Crippen molar-refractivity contribution >= 4 is 29.9 Å². The molecule has 58 valence electrons. The number of thiol groups is 1. The summed E-state index contributed by atoms with van der Waals surface area (Å²) in [4.78, 5) is 10.5. The molecule has 0 aliphatic heterocycles. The van der Waals surface area contributed by atoms with E-state index in [-0.39, 0.29) is 0 Å². The number of aromatic carboxylic acids is 1. The van der Waals surface area contributed by atoms with Crippen LogP contribution in [0.2, 0.25) is 0 Å². The molecule has 0 fully saturated rings. The zero-order valence-corrected chi connectivity index (χ0v) is 7.10. The van der Waals surface area contributed by atoms with Crippen LogP contribution in [0.1, 0.15) is 9.67 Å². The maximum absolute atomic E-state index is 10.1. The van der Waals surface area contributed by atoms with Crippen molar-refractivity contribution in [2.45, 2.75) is 0 Å². The van der Waals surface area contributed by atoms with Gasteiger partial charge in [-0.15, -0.1) is 11.3 Å². The Labute approximate surface area is 73.3 Å². The highest BCUT2D eigenvalue weighted by atomic mass is 32.1. The van der Waals surface area contributed by atoms with Crippen molar-refractivity contribution in [2.24, 2.45) is 0 Å². The number of thiocyanates is 1. The fourth-order valence-electron chi connectivity index (χ4n) is 0.400. The van der Waals surface area contributed by atoms with Crippen LogP contribution in [0.25, 0.3) is 0 Å². The van der Waals surface area contributed by atoms with E-state index in [2.05, 4.69) is 12.6 Å². The third kappa shape index (κ3) is 4.42. The van der Waals surface area contributed by atoms with Gasteiger partial charge in [0.05, 0.1) is 0 Å². The minimum absolute atomic E-state index is 0.394. The molecule has 0 bridgehead atoms. The van der Waals surface area contributed by atoms with Crippen LogP contribution in [0.5, 0.6) is 0 Å². The number of carbonyl (C=O) groups is 1. The Balaban J connectivity index is 0.000000292. The number of hydrogen-bond donors (Lipinski definition) is 2. The van der Waals surface area contributed by atoms with Crippen molar-refractivity contribution in [3.8, 4) is 5.40 Å². The monoisotopic (exact) mass is 187 g/mol. The van der Waals surface area contributed by atoms with Gasteiger partial charge in [0.2, 0.25) is 0 Å². The highest BCUT2D eigenvalue weighted by Crippen LogP contribution is 2.06. The van der Waals surface area contributed by atoms with Gasteiger partial charge in [0.1, 0.15) is 10.3 Å². The molecule has 11 heavy (non-hydrogen) atoms. The SMILES string of the molecule is N#CS.O=C(O)c1cccs1. The Morgan fingerprint density at radius 1 is 1.82 bits per heavy atom. The summed E-state index contributed by atoms with van der Waals surface area (Å²) in [7, 11) is 0. The van der Waals surface area contributed by atoms with Gasteiger partial charge in [0.15, 0.2) is 0 Å². The summed E-state index contributed by atoms with van der Waals surface area (Å²) in [5.74, 6) is -0.847. The van der Waals surface area contributed by atoms with E-state index in [9.17, 15) is 4.79 Å². The third-order valence-corrected chi connectivity index (χ3v) is 1.59. The number of hydrogen-bond acceptors (Lipinski definition) is 4. The van der Waals surface area contributed by atoms with Crippen molar-refractivity contribution in [1.82, 2.24) is 0 Å². The van der Waals surface area contributed by atoms with Gasteiger partial charge in [-0.05, 0) is 11.4 Å². The molecule has 0 saturated heterocycles. The lowest BCUT2D eigenvalue weighted by Gasteiger charge is -1.78. The third-order valence-electron chi connectivity index (χ3n) is 0.732. The Hall–Kier alpha value is -0.990. The van der Waals surface area contributed by atoms with E-state index >= 15 is 0 Å². The maximum atomic E-state index is 10.1. The van der Waals surface area contributed by atoms with Crippen LogP contribution in [0, 0.1) is 10.7 Å². The van der Waals surface area contributed by atoms with Gasteiger partial charge in [-0.2, -0.15) is 5.26 Å². The molecule has 0 radical (unpaired) electrons. The molecule has 1 N–H and O–H groups in total. The summed E-state index contributed by atoms with van der Waals surface area (Å²) < 4.78 is 0. The number of rotatable bonds is 1. The van der Waals surface area contributed by atoms with Crippen molar-refractivity contribution < 1.29 is 9.90 Å². The van der Waals surface area contributed by atoms with E-state index in [1.807, 2.05) is 0 Å².